The lowest BCUT2D eigenvalue weighted by atomic mass is 9.84. The fourth-order valence-electron chi connectivity index (χ4n) is 2.85. The number of hydrogen-bond acceptors (Lipinski definition) is 4. The first kappa shape index (κ1) is 24.2. The molecule has 1 aliphatic rings. The van der Waals surface area contributed by atoms with Crippen LogP contribution in [0.1, 0.15) is 50.7 Å². The first-order chi connectivity index (χ1) is 13.1. The Kier molecular flexibility index (Phi) is 14.9. The molecule has 0 heterocycles. The zero-order chi connectivity index (χ0) is 20.3. The number of carbonyl (C=O) groups excluding carboxylic acids is 2. The van der Waals surface area contributed by atoms with Crippen LogP contribution in [0.15, 0.2) is 60.7 Å². The molecule has 4 heteroatoms. The highest BCUT2D eigenvalue weighted by molar-refractivity contribution is 5.26. The number of benzene rings is 2. The zero-order valence-corrected chi connectivity index (χ0v) is 16.3. The van der Waals surface area contributed by atoms with E-state index in [1.165, 1.54) is 36.8 Å². The van der Waals surface area contributed by atoms with Gasteiger partial charge in [-0.15, -0.1) is 0 Å². The largest absolute Gasteiger partial charge is 0.231 e. The summed E-state index contributed by atoms with van der Waals surface area (Å²) in [5.41, 5.74) is 2.74. The second kappa shape index (κ2) is 16.7. The van der Waals surface area contributed by atoms with Gasteiger partial charge in [0.1, 0.15) is 0 Å². The summed E-state index contributed by atoms with van der Waals surface area (Å²) in [5, 5.41) is 10.8. The minimum atomic E-state index is 0.750. The van der Waals surface area contributed by atoms with Gasteiger partial charge in [-0.25, -0.2) is 20.4 Å². The van der Waals surface area contributed by atoms with Gasteiger partial charge in [0, 0.05) is 0 Å². The Morgan fingerprint density at radius 2 is 0.963 bits per heavy atom. The van der Waals surface area contributed by atoms with Crippen LogP contribution in [0.3, 0.4) is 0 Å². The molecule has 1 saturated carbocycles. The predicted octanol–water partition coefficient (Wildman–Crippen LogP) is 5.91. The van der Waals surface area contributed by atoms with E-state index >= 15 is 0 Å². The van der Waals surface area contributed by atoms with Crippen LogP contribution >= 0.6 is 0 Å². The molecule has 0 unspecified atom stereocenters. The maximum atomic E-state index is 8.35. The molecular formula is C23H30N2O2. The number of nitrogens with one attached hydrogen (secondary N) is 2. The van der Waals surface area contributed by atoms with Gasteiger partial charge in [-0.1, -0.05) is 100 Å². The van der Waals surface area contributed by atoms with Crippen molar-refractivity contribution in [2.45, 2.75) is 46.0 Å². The molecule has 4 nitrogen and oxygen atoms in total. The lowest BCUT2D eigenvalue weighted by molar-refractivity contribution is 0.308. The van der Waals surface area contributed by atoms with Gasteiger partial charge in [-0.05, 0) is 29.4 Å². The highest BCUT2D eigenvalue weighted by Crippen LogP contribution is 2.27. The van der Waals surface area contributed by atoms with Crippen LogP contribution < -0.4 is 0 Å². The van der Waals surface area contributed by atoms with Crippen LogP contribution in [0.4, 0.5) is 0 Å². The molecule has 1 fully saturated rings. The quantitative estimate of drug-likeness (QED) is 0.511. The lowest BCUT2D eigenvalue weighted by Gasteiger charge is -2.22. The summed E-state index contributed by atoms with van der Waals surface area (Å²) in [6.07, 6.45) is 8.42. The Morgan fingerprint density at radius 3 is 1.22 bits per heavy atom. The monoisotopic (exact) mass is 366 g/mol. The second-order valence-corrected chi connectivity index (χ2v) is 6.72. The van der Waals surface area contributed by atoms with Gasteiger partial charge in [0.05, 0.1) is 0 Å². The molecule has 1 aliphatic carbocycles. The van der Waals surface area contributed by atoms with Gasteiger partial charge in [-0.3, -0.25) is 0 Å². The first-order valence-electron chi connectivity index (χ1n) is 9.22. The molecule has 2 aromatic rings. The first-order valence-corrected chi connectivity index (χ1v) is 9.22. The van der Waals surface area contributed by atoms with Crippen molar-refractivity contribution in [1.82, 2.24) is 0 Å². The Bertz CT molecular complexity index is 592. The van der Waals surface area contributed by atoms with Gasteiger partial charge >= 0.3 is 0 Å². The standard InChI is InChI=1S/C13H12.C8H16.2CHNO/c1-3-7-12(8-4-1)11-13-9-5-2-6-10-13;1-7-3-5-8(2)6-4-7;2*2-1-3/h1-10H,11H2;7-8H,3-6H2,1-2H3;2*2H. The maximum absolute atomic E-state index is 8.35. The fourth-order valence-corrected chi connectivity index (χ4v) is 2.85. The van der Waals surface area contributed by atoms with Crippen LogP contribution in [0.2, 0.25) is 0 Å². The van der Waals surface area contributed by atoms with Crippen molar-refractivity contribution in [3.8, 4) is 0 Å². The van der Waals surface area contributed by atoms with Gasteiger partial charge in [0.25, 0.3) is 0 Å². The summed E-state index contributed by atoms with van der Waals surface area (Å²) in [6.45, 7) is 4.73. The van der Waals surface area contributed by atoms with E-state index in [1.54, 1.807) is 0 Å². The summed E-state index contributed by atoms with van der Waals surface area (Å²) in [4.78, 5) is 16.7. The fraction of sp³-hybridized carbons (Fsp3) is 0.391. The lowest BCUT2D eigenvalue weighted by Crippen LogP contribution is -2.08. The average Bonchev–Trinajstić information content (AvgIpc) is 2.68. The topological polar surface area (TPSA) is 81.8 Å². The summed E-state index contributed by atoms with van der Waals surface area (Å²) in [6, 6.07) is 21.1. The summed E-state index contributed by atoms with van der Waals surface area (Å²) in [5.74, 6) is 2.04. The van der Waals surface area contributed by atoms with E-state index in [0.717, 1.165) is 30.4 Å². The molecule has 0 bridgehead atoms. The van der Waals surface area contributed by atoms with E-state index in [2.05, 4.69) is 74.5 Å². The summed E-state index contributed by atoms with van der Waals surface area (Å²) < 4.78 is 0. The molecule has 0 aromatic heterocycles. The number of hydrogen-bond donors (Lipinski definition) is 2. The third kappa shape index (κ3) is 14.1. The van der Waals surface area contributed by atoms with Crippen LogP contribution in [-0.4, -0.2) is 12.2 Å². The molecule has 27 heavy (non-hydrogen) atoms. The average molecular weight is 367 g/mol. The minimum absolute atomic E-state index is 0.750. The van der Waals surface area contributed by atoms with E-state index in [-0.39, 0.29) is 0 Å². The van der Waals surface area contributed by atoms with Crippen molar-refractivity contribution in [2.24, 2.45) is 11.8 Å². The molecule has 0 spiro atoms. The minimum Gasteiger partial charge on any atom is -0.222 e. The van der Waals surface area contributed by atoms with Gasteiger partial charge in [0.15, 0.2) is 0 Å². The number of isocyanates is 2. The SMILES string of the molecule is CC1CCC(C)CC1.N=C=O.N=C=O.c1ccc(Cc2ccccc2)cc1. The molecule has 3 rings (SSSR count). The molecular weight excluding hydrogens is 336 g/mol. The van der Waals surface area contributed by atoms with Gasteiger partial charge < -0.3 is 0 Å². The van der Waals surface area contributed by atoms with E-state index in [9.17, 15) is 0 Å². The highest BCUT2D eigenvalue weighted by atomic mass is 16.1. The molecule has 144 valence electrons. The molecule has 2 N–H and O–H groups in total. The zero-order valence-electron chi connectivity index (χ0n) is 16.3. The Balaban J connectivity index is 0.000000413. The molecule has 0 saturated heterocycles. The van der Waals surface area contributed by atoms with Crippen molar-refractivity contribution < 1.29 is 9.59 Å². The predicted molar refractivity (Wildman–Crippen MR) is 109 cm³/mol. The smallest absolute Gasteiger partial charge is 0.222 e. The molecule has 0 amide bonds. The van der Waals surface area contributed by atoms with Gasteiger partial charge in [-0.2, -0.15) is 0 Å². The van der Waals surface area contributed by atoms with Crippen LogP contribution in [0, 0.1) is 22.7 Å². The number of rotatable bonds is 2. The Labute approximate surface area is 162 Å². The normalized spacial score (nSPS) is 17.1. The molecule has 0 radical (unpaired) electrons. The molecule has 0 atom stereocenters. The van der Waals surface area contributed by atoms with Crippen molar-refractivity contribution in [3.63, 3.8) is 0 Å². The van der Waals surface area contributed by atoms with Crippen LogP contribution in [-0.2, 0) is 16.0 Å². The maximum Gasteiger partial charge on any atom is 0.231 e. The second-order valence-electron chi connectivity index (χ2n) is 6.72. The highest BCUT2D eigenvalue weighted by Gasteiger charge is 2.13. The van der Waals surface area contributed by atoms with Crippen molar-refractivity contribution in [3.05, 3.63) is 71.8 Å². The third-order valence-electron chi connectivity index (χ3n) is 4.40. The van der Waals surface area contributed by atoms with Gasteiger partial charge in [0.2, 0.25) is 12.2 Å². The Hall–Kier alpha value is -2.80. The molecule has 2 aromatic carbocycles. The van der Waals surface area contributed by atoms with E-state index in [0.29, 0.717) is 0 Å². The van der Waals surface area contributed by atoms with Crippen LogP contribution in [0.5, 0.6) is 0 Å². The van der Waals surface area contributed by atoms with Crippen molar-refractivity contribution in [2.75, 3.05) is 0 Å². The third-order valence-corrected chi connectivity index (χ3v) is 4.40. The summed E-state index contributed by atoms with van der Waals surface area (Å²) >= 11 is 0. The Morgan fingerprint density at radius 1 is 0.704 bits per heavy atom. The molecule has 0 aliphatic heterocycles. The van der Waals surface area contributed by atoms with E-state index in [1.807, 2.05) is 0 Å². The summed E-state index contributed by atoms with van der Waals surface area (Å²) in [7, 11) is 0. The van der Waals surface area contributed by atoms with E-state index in [4.69, 9.17) is 20.4 Å². The van der Waals surface area contributed by atoms with Crippen LogP contribution in [0.25, 0.3) is 0 Å². The van der Waals surface area contributed by atoms with Crippen molar-refractivity contribution >= 4 is 12.2 Å². The van der Waals surface area contributed by atoms with E-state index < -0.39 is 0 Å². The van der Waals surface area contributed by atoms with Crippen molar-refractivity contribution in [1.29, 1.82) is 10.8 Å².